The number of nitrogens with zero attached hydrogens (tertiary/aromatic N) is 2. The Hall–Kier alpha value is -2.79. The Bertz CT molecular complexity index is 1140. The molecule has 0 aliphatic carbocycles. The summed E-state index contributed by atoms with van der Waals surface area (Å²) in [5, 5.41) is 2.09. The normalized spacial score (nSPS) is 12.7. The van der Waals surface area contributed by atoms with E-state index < -0.39 is 51.2 Å². The fourth-order valence-electron chi connectivity index (χ4n) is 3.26. The van der Waals surface area contributed by atoms with Gasteiger partial charge in [-0.2, -0.15) is 13.2 Å². The molecule has 0 aliphatic heterocycles. The van der Waals surface area contributed by atoms with E-state index in [0.29, 0.717) is 28.9 Å². The highest BCUT2D eigenvalue weighted by atomic mass is 35.5. The van der Waals surface area contributed by atoms with Crippen LogP contribution in [0, 0.1) is 0 Å². The molecule has 0 bridgehead atoms. The molecule has 0 heterocycles. The summed E-state index contributed by atoms with van der Waals surface area (Å²) in [5.41, 5.74) is -0.917. The number of halogens is 4. The van der Waals surface area contributed by atoms with E-state index in [2.05, 4.69) is 5.32 Å². The van der Waals surface area contributed by atoms with Gasteiger partial charge >= 0.3 is 6.18 Å². The van der Waals surface area contributed by atoms with E-state index >= 15 is 0 Å². The third kappa shape index (κ3) is 7.86. The second-order valence-corrected chi connectivity index (χ2v) is 10.2. The van der Waals surface area contributed by atoms with Gasteiger partial charge in [0.05, 0.1) is 22.5 Å². The number of anilines is 1. The zero-order valence-corrected chi connectivity index (χ0v) is 21.0. The molecule has 7 nitrogen and oxygen atoms in total. The Balaban J connectivity index is 2.44. The maximum atomic E-state index is 13.3. The van der Waals surface area contributed by atoms with Crippen LogP contribution in [0.3, 0.4) is 0 Å². The number of sulfonamides is 1. The number of amides is 2. The molecule has 0 unspecified atom stereocenters. The quantitative estimate of drug-likeness (QED) is 0.499. The van der Waals surface area contributed by atoms with Gasteiger partial charge in [0.25, 0.3) is 0 Å². The molecule has 192 valence electrons. The molecule has 0 saturated carbocycles. The summed E-state index contributed by atoms with van der Waals surface area (Å²) in [7, 11) is -4.18. The predicted octanol–water partition coefficient (Wildman–Crippen LogP) is 4.07. The Morgan fingerprint density at radius 2 is 1.74 bits per heavy atom. The number of alkyl halides is 3. The summed E-state index contributed by atoms with van der Waals surface area (Å²) in [4.78, 5) is 27.1. The smallest absolute Gasteiger partial charge is 0.354 e. The first kappa shape index (κ1) is 28.4. The number of carbonyl (C=O) groups excluding carboxylic acids is 2. The molecule has 0 radical (unpaired) electrons. The lowest BCUT2D eigenvalue weighted by molar-refractivity contribution is -0.139. The maximum Gasteiger partial charge on any atom is 0.417 e. The number of rotatable bonds is 10. The van der Waals surface area contributed by atoms with Gasteiger partial charge in [-0.1, -0.05) is 48.9 Å². The molecule has 1 atom stereocenters. The second-order valence-electron chi connectivity index (χ2n) is 7.91. The van der Waals surface area contributed by atoms with Crippen LogP contribution in [0.2, 0.25) is 5.02 Å². The van der Waals surface area contributed by atoms with Crippen molar-refractivity contribution in [3.63, 3.8) is 0 Å². The SMILES string of the molecule is CCCNC(=O)[C@@H](C)N(Cc1ccccc1)C(=O)CN(c1ccc(Cl)c(C(F)(F)F)c1)S(C)(=O)=O. The summed E-state index contributed by atoms with van der Waals surface area (Å²) in [6.07, 6.45) is -3.38. The van der Waals surface area contributed by atoms with E-state index in [4.69, 9.17) is 11.6 Å². The average Bonchev–Trinajstić information content (AvgIpc) is 2.78. The minimum absolute atomic E-state index is 0.00753. The van der Waals surface area contributed by atoms with Crippen LogP contribution in [0.1, 0.15) is 31.4 Å². The third-order valence-corrected chi connectivity index (χ3v) is 6.60. The van der Waals surface area contributed by atoms with E-state index in [9.17, 15) is 31.2 Å². The zero-order chi connectivity index (χ0) is 26.4. The topological polar surface area (TPSA) is 86.8 Å². The van der Waals surface area contributed by atoms with E-state index in [-0.39, 0.29) is 12.2 Å². The van der Waals surface area contributed by atoms with Crippen molar-refractivity contribution in [3.05, 3.63) is 64.7 Å². The lowest BCUT2D eigenvalue weighted by atomic mass is 10.1. The zero-order valence-electron chi connectivity index (χ0n) is 19.5. The first-order valence-corrected chi connectivity index (χ1v) is 12.9. The van der Waals surface area contributed by atoms with E-state index in [0.717, 1.165) is 18.4 Å². The monoisotopic (exact) mass is 533 g/mol. The molecule has 2 aromatic rings. The Morgan fingerprint density at radius 3 is 2.29 bits per heavy atom. The largest absolute Gasteiger partial charge is 0.417 e. The molecule has 0 fully saturated rings. The number of hydrogen-bond donors (Lipinski definition) is 1. The molecule has 0 spiro atoms. The molecular formula is C23H27ClF3N3O4S. The van der Waals surface area contributed by atoms with Crippen LogP contribution in [0.15, 0.2) is 48.5 Å². The summed E-state index contributed by atoms with van der Waals surface area (Å²) in [6.45, 7) is 2.93. The molecule has 2 amide bonds. The van der Waals surface area contributed by atoms with E-state index in [1.165, 1.54) is 11.8 Å². The first-order valence-electron chi connectivity index (χ1n) is 10.7. The van der Waals surface area contributed by atoms with Crippen molar-refractivity contribution in [1.29, 1.82) is 0 Å². The molecule has 0 saturated heterocycles. The maximum absolute atomic E-state index is 13.3. The number of benzene rings is 2. The van der Waals surface area contributed by atoms with Gasteiger partial charge in [-0.25, -0.2) is 8.42 Å². The molecule has 35 heavy (non-hydrogen) atoms. The predicted molar refractivity (Wildman–Crippen MR) is 128 cm³/mol. The minimum atomic E-state index is -4.83. The van der Waals surface area contributed by atoms with Gasteiger partial charge in [0.2, 0.25) is 21.8 Å². The number of carbonyl (C=O) groups is 2. The van der Waals surface area contributed by atoms with Crippen molar-refractivity contribution >= 4 is 39.1 Å². The second kappa shape index (κ2) is 11.8. The average molecular weight is 534 g/mol. The van der Waals surface area contributed by atoms with Crippen molar-refractivity contribution in [3.8, 4) is 0 Å². The summed E-state index contributed by atoms with van der Waals surface area (Å²) < 4.78 is 65.6. The van der Waals surface area contributed by atoms with Crippen molar-refractivity contribution in [2.75, 3.05) is 23.7 Å². The lowest BCUT2D eigenvalue weighted by Crippen LogP contribution is -2.51. The van der Waals surface area contributed by atoms with Gasteiger partial charge in [-0.15, -0.1) is 0 Å². The van der Waals surface area contributed by atoms with Crippen molar-refractivity contribution in [2.24, 2.45) is 0 Å². The van der Waals surface area contributed by atoms with Crippen LogP contribution in [-0.4, -0.2) is 50.5 Å². The van der Waals surface area contributed by atoms with Crippen LogP contribution in [0.4, 0.5) is 18.9 Å². The summed E-state index contributed by atoms with van der Waals surface area (Å²) in [5.74, 6) is -1.20. The molecular weight excluding hydrogens is 507 g/mol. The highest BCUT2D eigenvalue weighted by Gasteiger charge is 2.35. The number of nitrogens with one attached hydrogen (secondary N) is 1. The fourth-order valence-corrected chi connectivity index (χ4v) is 4.32. The van der Waals surface area contributed by atoms with Crippen LogP contribution in [-0.2, 0) is 32.3 Å². The van der Waals surface area contributed by atoms with Gasteiger partial charge in [0.1, 0.15) is 12.6 Å². The van der Waals surface area contributed by atoms with Crippen molar-refractivity contribution in [2.45, 2.75) is 39.0 Å². The Labute approximate surface area is 207 Å². The van der Waals surface area contributed by atoms with E-state index in [1.807, 2.05) is 6.92 Å². The summed E-state index contributed by atoms with van der Waals surface area (Å²) in [6, 6.07) is 10.4. The minimum Gasteiger partial charge on any atom is -0.354 e. The van der Waals surface area contributed by atoms with Crippen LogP contribution < -0.4 is 9.62 Å². The molecule has 0 aliphatic rings. The van der Waals surface area contributed by atoms with Crippen molar-refractivity contribution in [1.82, 2.24) is 10.2 Å². The molecule has 1 N–H and O–H groups in total. The molecule has 0 aromatic heterocycles. The molecule has 12 heteroatoms. The van der Waals surface area contributed by atoms with Crippen LogP contribution in [0.5, 0.6) is 0 Å². The van der Waals surface area contributed by atoms with E-state index in [1.54, 1.807) is 30.3 Å². The van der Waals surface area contributed by atoms with Gasteiger partial charge < -0.3 is 10.2 Å². The Kier molecular flexibility index (Phi) is 9.56. The standard InChI is InChI=1S/C23H27ClF3N3O4S/c1-4-12-28-22(32)16(2)29(14-17-8-6-5-7-9-17)21(31)15-30(35(3,33)34)18-10-11-20(24)19(13-18)23(25,26)27/h5-11,13,16H,4,12,14-15H2,1-3H3,(H,28,32)/t16-/m1/s1. The third-order valence-electron chi connectivity index (χ3n) is 5.13. The Morgan fingerprint density at radius 1 is 1.11 bits per heavy atom. The highest BCUT2D eigenvalue weighted by molar-refractivity contribution is 7.92. The van der Waals surface area contributed by atoms with Gasteiger partial charge in [-0.05, 0) is 37.1 Å². The fraction of sp³-hybridized carbons (Fsp3) is 0.391. The lowest BCUT2D eigenvalue weighted by Gasteiger charge is -2.31. The van der Waals surface area contributed by atoms with Gasteiger partial charge in [0, 0.05) is 13.1 Å². The molecule has 2 aromatic carbocycles. The summed E-state index contributed by atoms with van der Waals surface area (Å²) >= 11 is 5.66. The highest BCUT2D eigenvalue weighted by Crippen LogP contribution is 2.37. The van der Waals surface area contributed by atoms with Gasteiger partial charge in [-0.3, -0.25) is 13.9 Å². The van der Waals surface area contributed by atoms with Gasteiger partial charge in [0.15, 0.2) is 0 Å². The van der Waals surface area contributed by atoms with Crippen LogP contribution in [0.25, 0.3) is 0 Å². The molecule has 2 rings (SSSR count). The van der Waals surface area contributed by atoms with Crippen molar-refractivity contribution < 1.29 is 31.2 Å². The van der Waals surface area contributed by atoms with Crippen LogP contribution >= 0.6 is 11.6 Å². The first-order chi connectivity index (χ1) is 16.3. The number of hydrogen-bond acceptors (Lipinski definition) is 4.